The predicted octanol–water partition coefficient (Wildman–Crippen LogP) is 4.59. The molecule has 7 nitrogen and oxygen atoms in total. The van der Waals surface area contributed by atoms with E-state index in [0.29, 0.717) is 5.02 Å². The number of nitrogens with zero attached hydrogens (tertiary/aromatic N) is 3. The number of aromatic nitrogens is 1. The van der Waals surface area contributed by atoms with Crippen LogP contribution in [0.15, 0.2) is 70.8 Å². The molecule has 148 valence electrons. The Morgan fingerprint density at radius 2 is 2.03 bits per heavy atom. The van der Waals surface area contributed by atoms with Gasteiger partial charge in [0.2, 0.25) is 5.91 Å². The van der Waals surface area contributed by atoms with E-state index in [1.54, 1.807) is 18.3 Å². The smallest absolute Gasteiger partial charge is 0.269 e. The number of nitro benzene ring substituents is 1. The number of nitrogens with one attached hydrogen (secondary N) is 1. The van der Waals surface area contributed by atoms with Crippen molar-refractivity contribution in [2.45, 2.75) is 11.8 Å². The lowest BCUT2D eigenvalue weighted by molar-refractivity contribution is -0.384. The number of amides is 1. The molecular formula is C20H17ClN4O3S. The molecule has 0 bridgehead atoms. The van der Waals surface area contributed by atoms with Gasteiger partial charge in [0, 0.05) is 33.9 Å². The first-order chi connectivity index (χ1) is 13.9. The number of hydrogen-bond donors (Lipinski definition) is 1. The molecule has 0 spiro atoms. The van der Waals surface area contributed by atoms with Crippen LogP contribution in [-0.2, 0) is 4.79 Å². The summed E-state index contributed by atoms with van der Waals surface area (Å²) in [5.74, 6) is -0.134. The fourth-order valence-corrected chi connectivity index (χ4v) is 3.35. The molecule has 3 aromatic rings. The quantitative estimate of drug-likeness (QED) is 0.258. The molecule has 0 saturated heterocycles. The second-order valence-corrected chi connectivity index (χ2v) is 7.53. The third-order valence-corrected chi connectivity index (χ3v) is 5.44. The summed E-state index contributed by atoms with van der Waals surface area (Å²) < 4.78 is 1.91. The van der Waals surface area contributed by atoms with Crippen LogP contribution in [0.25, 0.3) is 5.69 Å². The normalized spacial score (nSPS) is 11.0. The molecule has 0 radical (unpaired) electrons. The molecule has 1 N–H and O–H groups in total. The van der Waals surface area contributed by atoms with Gasteiger partial charge in [0.1, 0.15) is 0 Å². The highest BCUT2D eigenvalue weighted by Gasteiger charge is 2.07. The molecule has 9 heteroatoms. The van der Waals surface area contributed by atoms with Crippen LogP contribution >= 0.6 is 23.4 Å². The van der Waals surface area contributed by atoms with Crippen LogP contribution < -0.4 is 5.43 Å². The van der Waals surface area contributed by atoms with Gasteiger partial charge < -0.3 is 4.57 Å². The van der Waals surface area contributed by atoms with Crippen molar-refractivity contribution in [1.82, 2.24) is 9.99 Å². The van der Waals surface area contributed by atoms with Gasteiger partial charge in [-0.2, -0.15) is 5.10 Å². The van der Waals surface area contributed by atoms with Crippen LogP contribution in [0.2, 0.25) is 5.02 Å². The van der Waals surface area contributed by atoms with Gasteiger partial charge in [-0.15, -0.1) is 11.8 Å². The first-order valence-corrected chi connectivity index (χ1v) is 9.93. The van der Waals surface area contributed by atoms with Crippen molar-refractivity contribution in [2.75, 3.05) is 5.75 Å². The van der Waals surface area contributed by atoms with Crippen LogP contribution in [0.5, 0.6) is 0 Å². The molecule has 0 saturated carbocycles. The number of halogens is 1. The predicted molar refractivity (Wildman–Crippen MR) is 115 cm³/mol. The first kappa shape index (κ1) is 20.6. The zero-order valence-electron chi connectivity index (χ0n) is 15.4. The fraction of sp³-hybridized carbons (Fsp3) is 0.100. The minimum absolute atomic E-state index is 0.0151. The van der Waals surface area contributed by atoms with Gasteiger partial charge in [0.15, 0.2) is 0 Å². The van der Waals surface area contributed by atoms with Crippen molar-refractivity contribution in [3.8, 4) is 5.69 Å². The standard InChI is InChI=1S/C20H17ClN4O3S/c1-14-4-5-16(11-19(14)21)24-10-2-3-17(24)12-22-23-20(26)13-29-18-8-6-15(7-9-18)25(27)28/h2-12H,13H2,1H3,(H,23,26)/b22-12-. The van der Waals surface area contributed by atoms with Gasteiger partial charge >= 0.3 is 0 Å². The lowest BCUT2D eigenvalue weighted by atomic mass is 10.2. The summed E-state index contributed by atoms with van der Waals surface area (Å²) in [6.45, 7) is 1.94. The SMILES string of the molecule is Cc1ccc(-n2cccc2/C=N\NC(=O)CSc2ccc([N+](=O)[O-])cc2)cc1Cl. The summed E-state index contributed by atoms with van der Waals surface area (Å²) >= 11 is 7.47. The van der Waals surface area contributed by atoms with E-state index in [1.807, 2.05) is 48.0 Å². The summed E-state index contributed by atoms with van der Waals surface area (Å²) in [5.41, 5.74) is 5.17. The number of non-ortho nitro benzene ring substituents is 1. The molecule has 29 heavy (non-hydrogen) atoms. The molecule has 1 heterocycles. The Bertz CT molecular complexity index is 1060. The summed E-state index contributed by atoms with van der Waals surface area (Å²) in [6, 6.07) is 15.5. The molecule has 2 aromatic carbocycles. The van der Waals surface area contributed by atoms with E-state index in [2.05, 4.69) is 10.5 Å². The Balaban J connectivity index is 1.56. The van der Waals surface area contributed by atoms with Gasteiger partial charge in [0.25, 0.3) is 5.69 Å². The maximum atomic E-state index is 12.0. The van der Waals surface area contributed by atoms with Crippen molar-refractivity contribution in [3.05, 3.63) is 87.2 Å². The van der Waals surface area contributed by atoms with E-state index in [0.717, 1.165) is 21.8 Å². The summed E-state index contributed by atoms with van der Waals surface area (Å²) in [6.07, 6.45) is 3.44. The molecule has 1 aromatic heterocycles. The molecule has 1 amide bonds. The summed E-state index contributed by atoms with van der Waals surface area (Å²) in [5, 5.41) is 15.3. The number of aryl methyl sites for hydroxylation is 1. The van der Waals surface area contributed by atoms with Gasteiger partial charge in [-0.25, -0.2) is 5.43 Å². The molecule has 0 fully saturated rings. The molecule has 3 rings (SSSR count). The van der Waals surface area contributed by atoms with E-state index in [1.165, 1.54) is 23.9 Å². The largest absolute Gasteiger partial charge is 0.316 e. The molecule has 0 unspecified atom stereocenters. The Kier molecular flexibility index (Phi) is 6.69. The highest BCUT2D eigenvalue weighted by molar-refractivity contribution is 8.00. The monoisotopic (exact) mass is 428 g/mol. The van der Waals surface area contributed by atoms with Crippen LogP contribution in [0, 0.1) is 17.0 Å². The van der Waals surface area contributed by atoms with Crippen LogP contribution in [0.4, 0.5) is 5.69 Å². The lowest BCUT2D eigenvalue weighted by Crippen LogP contribution is -2.19. The number of hydrogen-bond acceptors (Lipinski definition) is 5. The third kappa shape index (κ3) is 5.46. The van der Waals surface area contributed by atoms with Gasteiger partial charge in [-0.3, -0.25) is 14.9 Å². The number of rotatable bonds is 7. The molecule has 0 aliphatic heterocycles. The van der Waals surface area contributed by atoms with Crippen molar-refractivity contribution < 1.29 is 9.72 Å². The Labute approximate surface area is 176 Å². The highest BCUT2D eigenvalue weighted by atomic mass is 35.5. The summed E-state index contributed by atoms with van der Waals surface area (Å²) in [7, 11) is 0. The number of thioether (sulfide) groups is 1. The van der Waals surface area contributed by atoms with Crippen LogP contribution in [-0.4, -0.2) is 27.4 Å². The van der Waals surface area contributed by atoms with E-state index < -0.39 is 4.92 Å². The number of carbonyl (C=O) groups excluding carboxylic acids is 1. The number of nitro groups is 1. The third-order valence-electron chi connectivity index (χ3n) is 4.02. The topological polar surface area (TPSA) is 89.5 Å². The molecule has 0 aliphatic rings. The number of carbonyl (C=O) groups is 1. The second kappa shape index (κ2) is 9.40. The average molecular weight is 429 g/mol. The number of hydrazone groups is 1. The van der Waals surface area contributed by atoms with Gasteiger partial charge in [0.05, 0.1) is 22.6 Å². The minimum atomic E-state index is -0.462. The maximum Gasteiger partial charge on any atom is 0.269 e. The Morgan fingerprint density at radius 1 is 1.28 bits per heavy atom. The Morgan fingerprint density at radius 3 is 2.72 bits per heavy atom. The second-order valence-electron chi connectivity index (χ2n) is 6.07. The molecular weight excluding hydrogens is 412 g/mol. The number of benzene rings is 2. The average Bonchev–Trinajstić information content (AvgIpc) is 3.17. The van der Waals surface area contributed by atoms with E-state index in [9.17, 15) is 14.9 Å². The first-order valence-electron chi connectivity index (χ1n) is 8.57. The van der Waals surface area contributed by atoms with Gasteiger partial charge in [-0.05, 0) is 48.9 Å². The van der Waals surface area contributed by atoms with E-state index in [-0.39, 0.29) is 17.3 Å². The molecule has 0 atom stereocenters. The van der Waals surface area contributed by atoms with Crippen molar-refractivity contribution in [1.29, 1.82) is 0 Å². The van der Waals surface area contributed by atoms with Crippen LogP contribution in [0.3, 0.4) is 0 Å². The Hall–Kier alpha value is -3.10. The van der Waals surface area contributed by atoms with Crippen LogP contribution in [0.1, 0.15) is 11.3 Å². The van der Waals surface area contributed by atoms with Crippen molar-refractivity contribution in [2.24, 2.45) is 5.10 Å². The van der Waals surface area contributed by atoms with Crippen molar-refractivity contribution in [3.63, 3.8) is 0 Å². The summed E-state index contributed by atoms with van der Waals surface area (Å²) in [4.78, 5) is 22.9. The zero-order valence-corrected chi connectivity index (χ0v) is 17.0. The van der Waals surface area contributed by atoms with E-state index in [4.69, 9.17) is 11.6 Å². The van der Waals surface area contributed by atoms with Gasteiger partial charge in [-0.1, -0.05) is 17.7 Å². The minimum Gasteiger partial charge on any atom is -0.316 e. The van der Waals surface area contributed by atoms with Crippen molar-refractivity contribution >= 4 is 41.2 Å². The van der Waals surface area contributed by atoms with E-state index >= 15 is 0 Å². The maximum absolute atomic E-state index is 12.0. The molecule has 0 aliphatic carbocycles. The highest BCUT2D eigenvalue weighted by Crippen LogP contribution is 2.22. The fourth-order valence-electron chi connectivity index (χ4n) is 2.48. The zero-order chi connectivity index (χ0) is 20.8. The lowest BCUT2D eigenvalue weighted by Gasteiger charge is -2.08.